The lowest BCUT2D eigenvalue weighted by molar-refractivity contribution is 0.306. The highest BCUT2D eigenvalue weighted by atomic mass is 79.9. The normalized spacial score (nSPS) is 12.2. The minimum absolute atomic E-state index is 0.0447. The summed E-state index contributed by atoms with van der Waals surface area (Å²) in [6.45, 7) is 2.78. The molecule has 0 N–H and O–H groups in total. The molecule has 0 bridgehead atoms. The Kier molecular flexibility index (Phi) is 5.46. The van der Waals surface area contributed by atoms with E-state index in [2.05, 4.69) is 34.1 Å². The van der Waals surface area contributed by atoms with Crippen LogP contribution >= 0.6 is 15.9 Å². The molecular formula is C13H17BrN2O. The van der Waals surface area contributed by atoms with E-state index < -0.39 is 0 Å². The van der Waals surface area contributed by atoms with Crippen molar-refractivity contribution in [2.24, 2.45) is 0 Å². The van der Waals surface area contributed by atoms with Gasteiger partial charge in [0.25, 0.3) is 0 Å². The highest BCUT2D eigenvalue weighted by Gasteiger charge is 2.08. The monoisotopic (exact) mass is 296 g/mol. The summed E-state index contributed by atoms with van der Waals surface area (Å²) < 4.78 is 6.15. The Labute approximate surface area is 111 Å². The average Bonchev–Trinajstić information content (AvgIpc) is 2.35. The fraction of sp³-hybridized carbons (Fsp3) is 0.462. The highest BCUT2D eigenvalue weighted by molar-refractivity contribution is 9.10. The Hall–Kier alpha value is -1.05. The minimum Gasteiger partial charge on any atom is -0.496 e. The second kappa shape index (κ2) is 6.63. The maximum absolute atomic E-state index is 8.80. The van der Waals surface area contributed by atoms with Crippen LogP contribution in [-0.4, -0.2) is 31.6 Å². The van der Waals surface area contributed by atoms with Crippen LogP contribution in [0.1, 0.15) is 12.5 Å². The maximum Gasteiger partial charge on any atom is 0.133 e. The first-order chi connectivity index (χ1) is 8.08. The molecule has 1 atom stereocenters. The number of nitrogens with zero attached hydrogens (tertiary/aromatic N) is 2. The standard InChI is InChI=1S/C13H17BrN2O/c1-10(9-15)16(2)7-6-11-4-5-13(17-3)12(14)8-11/h4-5,8,10H,6-7H2,1-3H3. The van der Waals surface area contributed by atoms with Gasteiger partial charge >= 0.3 is 0 Å². The smallest absolute Gasteiger partial charge is 0.133 e. The molecule has 3 nitrogen and oxygen atoms in total. The number of likely N-dealkylation sites (N-methyl/N-ethyl adjacent to an activating group) is 1. The molecule has 0 aliphatic heterocycles. The summed E-state index contributed by atoms with van der Waals surface area (Å²) in [5.41, 5.74) is 1.23. The number of benzene rings is 1. The zero-order chi connectivity index (χ0) is 12.8. The van der Waals surface area contributed by atoms with Crippen LogP contribution < -0.4 is 4.74 Å². The molecule has 1 unspecified atom stereocenters. The molecular weight excluding hydrogens is 280 g/mol. The molecule has 0 aromatic heterocycles. The molecule has 0 saturated carbocycles. The number of halogens is 1. The van der Waals surface area contributed by atoms with Crippen LogP contribution in [0.2, 0.25) is 0 Å². The molecule has 0 aliphatic rings. The van der Waals surface area contributed by atoms with Gasteiger partial charge in [0.2, 0.25) is 0 Å². The van der Waals surface area contributed by atoms with Gasteiger partial charge < -0.3 is 4.74 Å². The molecule has 1 aromatic rings. The third kappa shape index (κ3) is 4.03. The van der Waals surface area contributed by atoms with Crippen molar-refractivity contribution >= 4 is 15.9 Å². The molecule has 17 heavy (non-hydrogen) atoms. The lowest BCUT2D eigenvalue weighted by atomic mass is 10.1. The first-order valence-corrected chi connectivity index (χ1v) is 6.30. The molecule has 92 valence electrons. The lowest BCUT2D eigenvalue weighted by Crippen LogP contribution is -2.29. The van der Waals surface area contributed by atoms with E-state index >= 15 is 0 Å². The van der Waals surface area contributed by atoms with Crippen molar-refractivity contribution in [3.8, 4) is 11.8 Å². The fourth-order valence-corrected chi connectivity index (χ4v) is 2.05. The van der Waals surface area contributed by atoms with Gasteiger partial charge in [-0.2, -0.15) is 5.26 Å². The van der Waals surface area contributed by atoms with E-state index in [1.165, 1.54) is 5.56 Å². The maximum atomic E-state index is 8.80. The minimum atomic E-state index is -0.0447. The van der Waals surface area contributed by atoms with Gasteiger partial charge in [0.1, 0.15) is 5.75 Å². The summed E-state index contributed by atoms with van der Waals surface area (Å²) in [6.07, 6.45) is 0.922. The highest BCUT2D eigenvalue weighted by Crippen LogP contribution is 2.25. The largest absolute Gasteiger partial charge is 0.496 e. The molecule has 0 aliphatic carbocycles. The van der Waals surface area contributed by atoms with Crippen molar-refractivity contribution in [2.75, 3.05) is 20.7 Å². The molecule has 0 heterocycles. The van der Waals surface area contributed by atoms with E-state index in [1.807, 2.05) is 24.9 Å². The van der Waals surface area contributed by atoms with Gasteiger partial charge in [0, 0.05) is 6.54 Å². The van der Waals surface area contributed by atoms with E-state index in [0.717, 1.165) is 23.2 Å². The van der Waals surface area contributed by atoms with Gasteiger partial charge in [-0.05, 0) is 54.0 Å². The number of methoxy groups -OCH3 is 1. The van der Waals surface area contributed by atoms with E-state index in [0.29, 0.717) is 0 Å². The third-order valence-electron chi connectivity index (χ3n) is 2.82. The molecule has 0 fully saturated rings. The van der Waals surface area contributed by atoms with Crippen molar-refractivity contribution < 1.29 is 4.74 Å². The number of ether oxygens (including phenoxy) is 1. The van der Waals surface area contributed by atoms with Crippen molar-refractivity contribution in [3.63, 3.8) is 0 Å². The van der Waals surface area contributed by atoms with E-state index in [9.17, 15) is 0 Å². The van der Waals surface area contributed by atoms with Gasteiger partial charge in [-0.3, -0.25) is 4.90 Å². The van der Waals surface area contributed by atoms with Crippen molar-refractivity contribution in [2.45, 2.75) is 19.4 Å². The first kappa shape index (κ1) is 14.0. The molecule has 0 amide bonds. The van der Waals surface area contributed by atoms with Gasteiger partial charge in [0.05, 0.1) is 23.7 Å². The summed E-state index contributed by atoms with van der Waals surface area (Å²) >= 11 is 3.47. The van der Waals surface area contributed by atoms with Crippen LogP contribution in [0.15, 0.2) is 22.7 Å². The molecule has 0 spiro atoms. The second-order valence-electron chi connectivity index (χ2n) is 4.00. The molecule has 0 radical (unpaired) electrons. The van der Waals surface area contributed by atoms with Crippen LogP contribution in [0.4, 0.5) is 0 Å². The van der Waals surface area contributed by atoms with E-state index in [4.69, 9.17) is 10.00 Å². The van der Waals surface area contributed by atoms with Gasteiger partial charge in [-0.15, -0.1) is 0 Å². The summed E-state index contributed by atoms with van der Waals surface area (Å²) in [5.74, 6) is 0.840. The number of rotatable bonds is 5. The predicted molar refractivity (Wildman–Crippen MR) is 72.1 cm³/mol. The molecule has 1 aromatic carbocycles. The quantitative estimate of drug-likeness (QED) is 0.838. The van der Waals surface area contributed by atoms with Gasteiger partial charge in [-0.1, -0.05) is 6.07 Å². The van der Waals surface area contributed by atoms with E-state index in [-0.39, 0.29) is 6.04 Å². The molecule has 4 heteroatoms. The first-order valence-electron chi connectivity index (χ1n) is 5.50. The zero-order valence-electron chi connectivity index (χ0n) is 10.4. The Balaban J connectivity index is 2.59. The van der Waals surface area contributed by atoms with Crippen LogP contribution in [0.5, 0.6) is 5.75 Å². The fourth-order valence-electron chi connectivity index (χ4n) is 1.46. The summed E-state index contributed by atoms with van der Waals surface area (Å²) in [6, 6.07) is 8.24. The van der Waals surface area contributed by atoms with Crippen LogP contribution in [-0.2, 0) is 6.42 Å². The number of hydrogen-bond donors (Lipinski definition) is 0. The third-order valence-corrected chi connectivity index (χ3v) is 3.44. The lowest BCUT2D eigenvalue weighted by Gasteiger charge is -2.18. The number of hydrogen-bond acceptors (Lipinski definition) is 3. The molecule has 0 saturated heterocycles. The Morgan fingerprint density at radius 3 is 2.76 bits per heavy atom. The Bertz CT molecular complexity index is 414. The zero-order valence-corrected chi connectivity index (χ0v) is 12.0. The summed E-state index contributed by atoms with van der Waals surface area (Å²) in [5, 5.41) is 8.80. The van der Waals surface area contributed by atoms with Gasteiger partial charge in [0.15, 0.2) is 0 Å². The summed E-state index contributed by atoms with van der Waals surface area (Å²) in [7, 11) is 3.62. The van der Waals surface area contributed by atoms with Crippen molar-refractivity contribution in [1.29, 1.82) is 5.26 Å². The Morgan fingerprint density at radius 1 is 1.53 bits per heavy atom. The summed E-state index contributed by atoms with van der Waals surface area (Å²) in [4.78, 5) is 2.04. The van der Waals surface area contributed by atoms with Crippen LogP contribution in [0, 0.1) is 11.3 Å². The average molecular weight is 297 g/mol. The van der Waals surface area contributed by atoms with Crippen LogP contribution in [0.3, 0.4) is 0 Å². The SMILES string of the molecule is COc1ccc(CCN(C)C(C)C#N)cc1Br. The molecule has 1 rings (SSSR count). The predicted octanol–water partition coefficient (Wildman–Crippen LogP) is 2.84. The van der Waals surface area contributed by atoms with Crippen LogP contribution in [0.25, 0.3) is 0 Å². The second-order valence-corrected chi connectivity index (χ2v) is 4.86. The van der Waals surface area contributed by atoms with Crippen molar-refractivity contribution in [1.82, 2.24) is 4.90 Å². The van der Waals surface area contributed by atoms with Crippen molar-refractivity contribution in [3.05, 3.63) is 28.2 Å². The topological polar surface area (TPSA) is 36.3 Å². The Morgan fingerprint density at radius 2 is 2.24 bits per heavy atom. The van der Waals surface area contributed by atoms with Gasteiger partial charge in [-0.25, -0.2) is 0 Å². The number of nitriles is 1. The van der Waals surface area contributed by atoms with E-state index in [1.54, 1.807) is 7.11 Å².